The van der Waals surface area contributed by atoms with E-state index in [0.29, 0.717) is 18.9 Å². The Morgan fingerprint density at radius 2 is 2.00 bits per heavy atom. The van der Waals surface area contributed by atoms with Crippen LogP contribution in [0.25, 0.3) is 0 Å². The van der Waals surface area contributed by atoms with Crippen molar-refractivity contribution in [1.82, 2.24) is 29.2 Å². The lowest BCUT2D eigenvalue weighted by Crippen LogP contribution is -2.38. The average molecular weight is 344 g/mol. The van der Waals surface area contributed by atoms with E-state index in [4.69, 9.17) is 0 Å². The molecular formula is C18H28N6O. The summed E-state index contributed by atoms with van der Waals surface area (Å²) in [4.78, 5) is 18.3. The molecule has 0 N–H and O–H groups in total. The highest BCUT2D eigenvalue weighted by Crippen LogP contribution is 2.28. The Kier molecular flexibility index (Phi) is 5.50. The molecule has 0 radical (unpaired) electrons. The quantitative estimate of drug-likeness (QED) is 0.807. The number of nitrogens with zero attached hydrogens (tertiary/aromatic N) is 6. The van der Waals surface area contributed by atoms with Gasteiger partial charge in [0.15, 0.2) is 5.82 Å². The van der Waals surface area contributed by atoms with E-state index >= 15 is 0 Å². The Labute approximate surface area is 149 Å². The third kappa shape index (κ3) is 3.75. The first kappa shape index (κ1) is 17.6. The zero-order chi connectivity index (χ0) is 17.8. The minimum absolute atomic E-state index is 0.286. The van der Waals surface area contributed by atoms with E-state index in [1.165, 1.54) is 0 Å². The fourth-order valence-electron chi connectivity index (χ4n) is 3.59. The largest absolute Gasteiger partial charge is 0.343 e. The zero-order valence-electron chi connectivity index (χ0n) is 15.5. The molecule has 7 nitrogen and oxygen atoms in total. The van der Waals surface area contributed by atoms with Crippen LogP contribution in [0.15, 0.2) is 12.4 Å². The summed E-state index contributed by atoms with van der Waals surface area (Å²) in [5.41, 5.74) is 0. The average Bonchev–Trinajstić information content (AvgIpc) is 3.22. The Bertz CT molecular complexity index is 711. The summed E-state index contributed by atoms with van der Waals surface area (Å²) in [5.74, 6) is 3.70. The van der Waals surface area contributed by atoms with Gasteiger partial charge in [-0.15, -0.1) is 10.2 Å². The smallest absolute Gasteiger partial charge is 0.222 e. The normalized spacial score (nSPS) is 15.7. The van der Waals surface area contributed by atoms with Gasteiger partial charge in [0.05, 0.1) is 6.54 Å². The summed E-state index contributed by atoms with van der Waals surface area (Å²) in [7, 11) is 0. The number of hydrogen-bond donors (Lipinski definition) is 0. The number of carbonyl (C=O) groups excluding carboxylic acids is 1. The van der Waals surface area contributed by atoms with Gasteiger partial charge >= 0.3 is 0 Å². The van der Waals surface area contributed by atoms with Crippen LogP contribution in [0, 0.1) is 6.92 Å². The topological polar surface area (TPSA) is 68.8 Å². The van der Waals surface area contributed by atoms with Crippen molar-refractivity contribution in [3.05, 3.63) is 29.9 Å². The molecule has 1 aliphatic heterocycles. The van der Waals surface area contributed by atoms with Crippen LogP contribution < -0.4 is 0 Å². The van der Waals surface area contributed by atoms with Gasteiger partial charge in [0, 0.05) is 44.4 Å². The van der Waals surface area contributed by atoms with Crippen molar-refractivity contribution in [2.75, 3.05) is 13.1 Å². The molecule has 2 aromatic rings. The maximum atomic E-state index is 12.1. The van der Waals surface area contributed by atoms with Gasteiger partial charge in [0.2, 0.25) is 5.91 Å². The van der Waals surface area contributed by atoms with Crippen LogP contribution in [0.3, 0.4) is 0 Å². The molecule has 0 atom stereocenters. The van der Waals surface area contributed by atoms with Crippen LogP contribution in [-0.2, 0) is 17.9 Å². The molecule has 25 heavy (non-hydrogen) atoms. The number of imidazole rings is 1. The van der Waals surface area contributed by atoms with Gasteiger partial charge < -0.3 is 14.0 Å². The highest BCUT2D eigenvalue weighted by Gasteiger charge is 2.27. The van der Waals surface area contributed by atoms with Crippen LogP contribution in [0.5, 0.6) is 0 Å². The van der Waals surface area contributed by atoms with Crippen LogP contribution >= 0.6 is 0 Å². The van der Waals surface area contributed by atoms with Crippen molar-refractivity contribution in [1.29, 1.82) is 0 Å². The van der Waals surface area contributed by atoms with Crippen molar-refractivity contribution in [3.63, 3.8) is 0 Å². The second-order valence-corrected chi connectivity index (χ2v) is 6.73. The molecule has 3 rings (SSSR count). The van der Waals surface area contributed by atoms with E-state index in [1.54, 1.807) is 0 Å². The van der Waals surface area contributed by atoms with Crippen molar-refractivity contribution in [2.24, 2.45) is 0 Å². The van der Waals surface area contributed by atoms with Crippen LogP contribution in [0.1, 0.15) is 62.9 Å². The molecule has 1 fully saturated rings. The van der Waals surface area contributed by atoms with Gasteiger partial charge in [-0.25, -0.2) is 4.98 Å². The zero-order valence-corrected chi connectivity index (χ0v) is 15.5. The van der Waals surface area contributed by atoms with E-state index in [2.05, 4.69) is 38.2 Å². The first-order valence-electron chi connectivity index (χ1n) is 9.31. The molecule has 0 aliphatic carbocycles. The minimum atomic E-state index is 0.286. The van der Waals surface area contributed by atoms with Crippen molar-refractivity contribution in [3.8, 4) is 0 Å². The maximum absolute atomic E-state index is 12.1. The lowest BCUT2D eigenvalue weighted by molar-refractivity contribution is -0.132. The van der Waals surface area contributed by atoms with Gasteiger partial charge in [-0.1, -0.05) is 6.92 Å². The molecule has 7 heteroatoms. The van der Waals surface area contributed by atoms with Gasteiger partial charge in [-0.05, 0) is 33.1 Å². The molecule has 2 aromatic heterocycles. The maximum Gasteiger partial charge on any atom is 0.222 e. The summed E-state index contributed by atoms with van der Waals surface area (Å²) in [6.45, 7) is 9.40. The van der Waals surface area contributed by atoms with Gasteiger partial charge in [0.1, 0.15) is 11.6 Å². The number of aromatic nitrogens is 5. The predicted octanol–water partition coefficient (Wildman–Crippen LogP) is 2.36. The highest BCUT2D eigenvalue weighted by molar-refractivity contribution is 5.76. The summed E-state index contributed by atoms with van der Waals surface area (Å²) in [5, 5.41) is 8.95. The molecule has 1 aliphatic rings. The van der Waals surface area contributed by atoms with E-state index < -0.39 is 0 Å². The van der Waals surface area contributed by atoms with E-state index in [9.17, 15) is 4.79 Å². The molecular weight excluding hydrogens is 316 g/mol. The van der Waals surface area contributed by atoms with Gasteiger partial charge in [0.25, 0.3) is 0 Å². The Balaban J connectivity index is 1.69. The first-order valence-corrected chi connectivity index (χ1v) is 9.31. The predicted molar refractivity (Wildman–Crippen MR) is 95.2 cm³/mol. The molecule has 0 aromatic carbocycles. The highest BCUT2D eigenvalue weighted by atomic mass is 16.2. The summed E-state index contributed by atoms with van der Waals surface area (Å²) in [6, 6.07) is 0. The molecule has 0 spiro atoms. The summed E-state index contributed by atoms with van der Waals surface area (Å²) < 4.78 is 4.32. The third-order valence-electron chi connectivity index (χ3n) is 5.08. The molecule has 0 saturated carbocycles. The molecule has 1 amide bonds. The van der Waals surface area contributed by atoms with E-state index in [1.807, 2.05) is 24.2 Å². The monoisotopic (exact) mass is 344 g/mol. The molecule has 136 valence electrons. The molecule has 3 heterocycles. The number of rotatable bonds is 6. The lowest BCUT2D eigenvalue weighted by atomic mass is 9.95. The van der Waals surface area contributed by atoms with Crippen LogP contribution in [0.4, 0.5) is 0 Å². The van der Waals surface area contributed by atoms with Crippen molar-refractivity contribution in [2.45, 2.75) is 65.5 Å². The summed E-state index contributed by atoms with van der Waals surface area (Å²) in [6.07, 6.45) is 7.30. The SMILES string of the molecule is CCCC(=O)N1CCC(c2nnc(Cn3ccnc3C)n2CC)CC1. The number of piperidine rings is 1. The van der Waals surface area contributed by atoms with Crippen LogP contribution in [0.2, 0.25) is 0 Å². The van der Waals surface area contributed by atoms with Gasteiger partial charge in [-0.2, -0.15) is 0 Å². The summed E-state index contributed by atoms with van der Waals surface area (Å²) >= 11 is 0. The first-order chi connectivity index (χ1) is 12.1. The molecule has 1 saturated heterocycles. The second kappa shape index (κ2) is 7.80. The third-order valence-corrected chi connectivity index (χ3v) is 5.08. The Hall–Kier alpha value is -2.18. The van der Waals surface area contributed by atoms with Crippen molar-refractivity contribution >= 4 is 5.91 Å². The van der Waals surface area contributed by atoms with Crippen LogP contribution in [-0.4, -0.2) is 48.2 Å². The van der Waals surface area contributed by atoms with Gasteiger partial charge in [-0.3, -0.25) is 4.79 Å². The Morgan fingerprint density at radius 3 is 2.60 bits per heavy atom. The fourth-order valence-corrected chi connectivity index (χ4v) is 3.59. The Morgan fingerprint density at radius 1 is 1.24 bits per heavy atom. The van der Waals surface area contributed by atoms with Crippen molar-refractivity contribution < 1.29 is 4.79 Å². The number of likely N-dealkylation sites (tertiary alicyclic amines) is 1. The van der Waals surface area contributed by atoms with E-state index in [-0.39, 0.29) is 5.91 Å². The number of carbonyl (C=O) groups is 1. The molecule has 0 bridgehead atoms. The number of aryl methyl sites for hydroxylation is 1. The fraction of sp³-hybridized carbons (Fsp3) is 0.667. The number of amides is 1. The van der Waals surface area contributed by atoms with E-state index in [0.717, 1.165) is 56.4 Å². The second-order valence-electron chi connectivity index (χ2n) is 6.73. The number of hydrogen-bond acceptors (Lipinski definition) is 4. The minimum Gasteiger partial charge on any atom is -0.343 e. The lowest BCUT2D eigenvalue weighted by Gasteiger charge is -2.31. The standard InChI is InChI=1S/C18H28N6O/c1-4-6-17(25)22-10-7-15(8-11-22)18-21-20-16(24(18)5-2)13-23-12-9-19-14(23)3/h9,12,15H,4-8,10-11,13H2,1-3H3. The molecule has 0 unspecified atom stereocenters.